The van der Waals surface area contributed by atoms with Crippen LogP contribution in [-0.4, -0.2) is 29.5 Å². The van der Waals surface area contributed by atoms with E-state index in [2.05, 4.69) is 5.48 Å². The van der Waals surface area contributed by atoms with E-state index >= 15 is 0 Å². The smallest absolute Gasteiger partial charge is 0.268 e. The molecule has 2 amide bonds. The molecule has 2 rings (SSSR count). The van der Waals surface area contributed by atoms with E-state index < -0.39 is 18.0 Å². The normalized spacial score (nSPS) is 18.8. The molecule has 0 aromatic heterocycles. The fourth-order valence-electron chi connectivity index (χ4n) is 1.65. The van der Waals surface area contributed by atoms with E-state index in [9.17, 15) is 14.7 Å². The highest BCUT2D eigenvalue weighted by atomic mass is 16.7. The third kappa shape index (κ3) is 2.54. The van der Waals surface area contributed by atoms with E-state index in [-0.39, 0.29) is 13.2 Å². The van der Waals surface area contributed by atoms with Gasteiger partial charge in [-0.15, -0.1) is 0 Å². The van der Waals surface area contributed by atoms with Gasteiger partial charge in [0.2, 0.25) is 0 Å². The number of carbonyl (C=O) groups excluding carboxylic acids is 2. The molecule has 1 heterocycles. The van der Waals surface area contributed by atoms with Crippen molar-refractivity contribution in [2.24, 2.45) is 0 Å². The zero-order chi connectivity index (χ0) is 12.3. The first-order valence-electron chi connectivity index (χ1n) is 5.11. The van der Waals surface area contributed by atoms with Crippen molar-refractivity contribution < 1.29 is 19.5 Å². The quantitative estimate of drug-likeness (QED) is 0.748. The number of hydrogen-bond acceptors (Lipinski definition) is 4. The highest BCUT2D eigenvalue weighted by Crippen LogP contribution is 2.11. The van der Waals surface area contributed by atoms with E-state index in [1.807, 2.05) is 6.07 Å². The molecular weight excluding hydrogens is 224 g/mol. The average molecular weight is 235 g/mol. The number of hydroxylamine groups is 1. The van der Waals surface area contributed by atoms with Crippen LogP contribution in [0.15, 0.2) is 30.3 Å². The summed E-state index contributed by atoms with van der Waals surface area (Å²) >= 11 is 0. The summed E-state index contributed by atoms with van der Waals surface area (Å²) in [6.45, 7) is 0.101. The van der Waals surface area contributed by atoms with Gasteiger partial charge in [-0.2, -0.15) is 0 Å². The molecule has 6 nitrogen and oxygen atoms in total. The fraction of sp³-hybridized carbons (Fsp3) is 0.273. The molecule has 1 atom stereocenters. The Morgan fingerprint density at radius 3 is 2.71 bits per heavy atom. The van der Waals surface area contributed by atoms with Crippen molar-refractivity contribution in [2.45, 2.75) is 12.6 Å². The number of hydrogen-bond donors (Lipinski definition) is 1. The number of nitrogens with zero attached hydrogens (tertiary/aromatic N) is 1. The van der Waals surface area contributed by atoms with Crippen molar-refractivity contribution in [3.05, 3.63) is 35.9 Å². The molecule has 1 fully saturated rings. The molecule has 0 bridgehead atoms. The Morgan fingerprint density at radius 2 is 2.18 bits per heavy atom. The Hall–Kier alpha value is -2.08. The van der Waals surface area contributed by atoms with E-state index in [4.69, 9.17) is 4.84 Å². The van der Waals surface area contributed by atoms with Gasteiger partial charge < -0.3 is 14.8 Å². The second-order valence-electron chi connectivity index (χ2n) is 3.67. The summed E-state index contributed by atoms with van der Waals surface area (Å²) < 4.78 is 0. The third-order valence-electron chi connectivity index (χ3n) is 2.52. The van der Waals surface area contributed by atoms with Gasteiger partial charge in [-0.1, -0.05) is 30.3 Å². The molecule has 1 N–H and O–H groups in total. The van der Waals surface area contributed by atoms with E-state index in [0.29, 0.717) is 0 Å². The van der Waals surface area contributed by atoms with Gasteiger partial charge in [0.15, 0.2) is 0 Å². The highest BCUT2D eigenvalue weighted by Gasteiger charge is 2.31. The molecule has 6 heteroatoms. The predicted octanol–water partition coefficient (Wildman–Crippen LogP) is -0.738. The van der Waals surface area contributed by atoms with Crippen LogP contribution in [0.4, 0.5) is 4.79 Å². The summed E-state index contributed by atoms with van der Waals surface area (Å²) in [5.74, 6) is -0.467. The number of carbonyl (C=O) groups is 2. The fourth-order valence-corrected chi connectivity index (χ4v) is 1.65. The maximum atomic E-state index is 11.3. The van der Waals surface area contributed by atoms with Crippen LogP contribution in [0.3, 0.4) is 0 Å². The molecule has 0 saturated carbocycles. The molecule has 1 aliphatic rings. The van der Waals surface area contributed by atoms with E-state index in [0.717, 1.165) is 10.5 Å². The van der Waals surface area contributed by atoms with Crippen LogP contribution in [-0.2, 0) is 16.2 Å². The zero-order valence-electron chi connectivity index (χ0n) is 8.96. The van der Waals surface area contributed by atoms with Crippen molar-refractivity contribution in [3.63, 3.8) is 0 Å². The van der Waals surface area contributed by atoms with Gasteiger partial charge in [0.05, 0.1) is 0 Å². The van der Waals surface area contributed by atoms with Gasteiger partial charge in [0, 0.05) is 6.54 Å². The minimum absolute atomic E-state index is 0.000350. The third-order valence-corrected chi connectivity index (χ3v) is 2.52. The van der Waals surface area contributed by atoms with Crippen LogP contribution >= 0.6 is 0 Å². The maximum Gasteiger partial charge on any atom is 0.268 e. The van der Waals surface area contributed by atoms with Crippen LogP contribution in [0.2, 0.25) is 0 Å². The van der Waals surface area contributed by atoms with Gasteiger partial charge in [0.1, 0.15) is 18.7 Å². The molecule has 1 saturated heterocycles. The largest absolute Gasteiger partial charge is 0.530 e. The summed E-state index contributed by atoms with van der Waals surface area (Å²) in [7, 11) is 0. The topological polar surface area (TPSA) is 81.7 Å². The summed E-state index contributed by atoms with van der Waals surface area (Å²) in [6, 6.07) is 8.15. The molecule has 1 aromatic carbocycles. The molecule has 90 valence electrons. The van der Waals surface area contributed by atoms with Gasteiger partial charge in [0.25, 0.3) is 5.91 Å². The van der Waals surface area contributed by atoms with E-state index in [1.165, 1.54) is 0 Å². The number of amides is 2. The van der Waals surface area contributed by atoms with Gasteiger partial charge >= 0.3 is 0 Å². The van der Waals surface area contributed by atoms with Gasteiger partial charge in [-0.25, -0.2) is 5.48 Å². The number of carboxylic acid groups (broad SMARTS) is 1. The minimum atomic E-state index is -1.39. The summed E-state index contributed by atoms with van der Waals surface area (Å²) in [6.07, 6.45) is -1.39. The zero-order valence-corrected chi connectivity index (χ0v) is 8.96. The van der Waals surface area contributed by atoms with Crippen LogP contribution in [0.1, 0.15) is 5.56 Å². The van der Waals surface area contributed by atoms with E-state index in [1.54, 1.807) is 24.3 Å². The predicted molar refractivity (Wildman–Crippen MR) is 55.3 cm³/mol. The van der Waals surface area contributed by atoms with Crippen molar-refractivity contribution >= 4 is 12.0 Å². The van der Waals surface area contributed by atoms with Gasteiger partial charge in [-0.05, 0) is 5.56 Å². The first-order chi connectivity index (χ1) is 8.18. The lowest BCUT2D eigenvalue weighted by Gasteiger charge is -2.28. The molecule has 1 unspecified atom stereocenters. The monoisotopic (exact) mass is 235 g/mol. The molecular formula is C11H11N2O4-. The summed E-state index contributed by atoms with van der Waals surface area (Å²) in [5, 5.41) is 11.0. The molecule has 1 aromatic rings. The van der Waals surface area contributed by atoms with Gasteiger partial charge in [-0.3, -0.25) is 9.63 Å². The van der Waals surface area contributed by atoms with Crippen molar-refractivity contribution in [2.75, 3.05) is 6.61 Å². The maximum absolute atomic E-state index is 11.3. The Bertz CT molecular complexity index is 421. The lowest BCUT2D eigenvalue weighted by molar-refractivity contribution is -0.268. The van der Waals surface area contributed by atoms with Crippen LogP contribution in [0, 0.1) is 0 Å². The minimum Gasteiger partial charge on any atom is -0.530 e. The second-order valence-corrected chi connectivity index (χ2v) is 3.67. The summed E-state index contributed by atoms with van der Waals surface area (Å²) in [5.41, 5.74) is 2.91. The van der Waals surface area contributed by atoms with Crippen molar-refractivity contribution in [1.29, 1.82) is 0 Å². The molecule has 17 heavy (non-hydrogen) atoms. The Morgan fingerprint density at radius 1 is 1.47 bits per heavy atom. The Labute approximate surface area is 97.7 Å². The summed E-state index contributed by atoms with van der Waals surface area (Å²) in [4.78, 5) is 28.0. The van der Waals surface area contributed by atoms with Crippen LogP contribution in [0.25, 0.3) is 0 Å². The van der Waals surface area contributed by atoms with Crippen LogP contribution < -0.4 is 10.6 Å². The van der Waals surface area contributed by atoms with Crippen LogP contribution in [0.5, 0.6) is 0 Å². The highest BCUT2D eigenvalue weighted by molar-refractivity contribution is 5.85. The SMILES string of the molecule is O=C1NOCC1N(Cc1ccccc1)C(=O)[O-]. The molecule has 0 radical (unpaired) electrons. The average Bonchev–Trinajstić information content (AvgIpc) is 2.73. The van der Waals surface area contributed by atoms with Crippen molar-refractivity contribution in [1.82, 2.24) is 10.4 Å². The Kier molecular flexibility index (Phi) is 3.24. The first kappa shape index (κ1) is 11.4. The number of rotatable bonds is 3. The molecule has 0 aliphatic carbocycles. The lowest BCUT2D eigenvalue weighted by Crippen LogP contribution is -2.50. The number of nitrogens with one attached hydrogen (secondary N) is 1. The first-order valence-corrected chi connectivity index (χ1v) is 5.11. The molecule has 0 spiro atoms. The number of benzene rings is 1. The lowest BCUT2D eigenvalue weighted by atomic mass is 10.2. The molecule has 1 aliphatic heterocycles. The Balaban J connectivity index is 2.13. The standard InChI is InChI=1S/C11H12N2O4/c14-10-9(7-17-12-10)13(11(15)16)6-8-4-2-1-3-5-8/h1-5,9H,6-7H2,(H,12,14)(H,15,16)/p-1. The second kappa shape index (κ2) is 4.84. The van der Waals surface area contributed by atoms with Crippen molar-refractivity contribution in [3.8, 4) is 0 Å².